The first-order chi connectivity index (χ1) is 8.50. The summed E-state index contributed by atoms with van der Waals surface area (Å²) >= 11 is 0. The first-order valence-corrected chi connectivity index (χ1v) is 5.80. The molecule has 4 nitrogen and oxygen atoms in total. The van der Waals surface area contributed by atoms with Gasteiger partial charge in [0.05, 0.1) is 5.92 Å². The van der Waals surface area contributed by atoms with Crippen LogP contribution in [0.15, 0.2) is 24.3 Å². The molecule has 1 N–H and O–H groups in total. The minimum atomic E-state index is -0.878. The third-order valence-electron chi connectivity index (χ3n) is 3.42. The van der Waals surface area contributed by atoms with Crippen LogP contribution in [-0.4, -0.2) is 34.5 Å². The van der Waals surface area contributed by atoms with Crippen molar-refractivity contribution < 1.29 is 19.1 Å². The fourth-order valence-corrected chi connectivity index (χ4v) is 2.31. The first-order valence-electron chi connectivity index (χ1n) is 5.80. The van der Waals surface area contributed by atoms with Gasteiger partial charge in [-0.15, -0.1) is 0 Å². The fraction of sp³-hybridized carbons (Fsp3) is 0.385. The monoisotopic (exact) mass is 251 g/mol. The molecule has 2 unspecified atom stereocenters. The fourth-order valence-electron chi connectivity index (χ4n) is 2.31. The highest BCUT2D eigenvalue weighted by Gasteiger charge is 2.38. The topological polar surface area (TPSA) is 57.6 Å². The Balaban J connectivity index is 2.15. The van der Waals surface area contributed by atoms with Crippen molar-refractivity contribution in [3.63, 3.8) is 0 Å². The molecule has 1 aromatic carbocycles. The lowest BCUT2D eigenvalue weighted by molar-refractivity contribution is -0.142. The molecular weight excluding hydrogens is 237 g/mol. The second-order valence-electron chi connectivity index (χ2n) is 4.48. The van der Waals surface area contributed by atoms with E-state index < -0.39 is 17.7 Å². The molecule has 0 spiro atoms. The van der Waals surface area contributed by atoms with Crippen molar-refractivity contribution in [2.24, 2.45) is 5.92 Å². The van der Waals surface area contributed by atoms with E-state index in [0.29, 0.717) is 18.5 Å². The lowest BCUT2D eigenvalue weighted by Gasteiger charge is -2.23. The summed E-state index contributed by atoms with van der Waals surface area (Å²) < 4.78 is 12.8. The number of carboxylic acid groups (broad SMARTS) is 1. The third kappa shape index (κ3) is 2.20. The Morgan fingerprint density at radius 1 is 1.33 bits per heavy atom. The molecule has 0 radical (unpaired) electrons. The van der Waals surface area contributed by atoms with Gasteiger partial charge in [0, 0.05) is 18.2 Å². The number of carboxylic acids is 1. The van der Waals surface area contributed by atoms with E-state index in [1.165, 1.54) is 29.2 Å². The molecule has 96 valence electrons. The zero-order valence-electron chi connectivity index (χ0n) is 9.97. The van der Waals surface area contributed by atoms with Crippen LogP contribution in [0.3, 0.4) is 0 Å². The number of rotatable bonds is 2. The first kappa shape index (κ1) is 12.5. The summed E-state index contributed by atoms with van der Waals surface area (Å²) in [5.74, 6) is -2.04. The summed E-state index contributed by atoms with van der Waals surface area (Å²) in [6.45, 7) is 2.15. The van der Waals surface area contributed by atoms with E-state index >= 15 is 0 Å². The highest BCUT2D eigenvalue weighted by atomic mass is 19.1. The van der Waals surface area contributed by atoms with Gasteiger partial charge in [-0.1, -0.05) is 0 Å². The van der Waals surface area contributed by atoms with Gasteiger partial charge in [-0.3, -0.25) is 9.59 Å². The van der Waals surface area contributed by atoms with Gasteiger partial charge in [0.1, 0.15) is 5.82 Å². The Bertz CT molecular complexity index is 472. The average Bonchev–Trinajstić information content (AvgIpc) is 2.71. The summed E-state index contributed by atoms with van der Waals surface area (Å²) in [6, 6.07) is 4.95. The van der Waals surface area contributed by atoms with Gasteiger partial charge in [-0.2, -0.15) is 0 Å². The van der Waals surface area contributed by atoms with E-state index in [4.69, 9.17) is 5.11 Å². The Kier molecular flexibility index (Phi) is 3.32. The van der Waals surface area contributed by atoms with Crippen LogP contribution < -0.4 is 0 Å². The largest absolute Gasteiger partial charge is 0.481 e. The highest BCUT2D eigenvalue weighted by molar-refractivity contribution is 5.95. The van der Waals surface area contributed by atoms with E-state index in [2.05, 4.69) is 0 Å². The molecule has 1 amide bonds. The van der Waals surface area contributed by atoms with Crippen LogP contribution >= 0.6 is 0 Å². The minimum absolute atomic E-state index is 0.244. The number of carbonyl (C=O) groups is 2. The van der Waals surface area contributed by atoms with Crippen molar-refractivity contribution in [2.45, 2.75) is 19.4 Å². The van der Waals surface area contributed by atoms with Crippen LogP contribution in [0.4, 0.5) is 4.39 Å². The van der Waals surface area contributed by atoms with E-state index in [1.807, 2.05) is 0 Å². The maximum Gasteiger partial charge on any atom is 0.308 e. The number of amides is 1. The second kappa shape index (κ2) is 4.76. The summed E-state index contributed by atoms with van der Waals surface area (Å²) in [7, 11) is 0. The van der Waals surface area contributed by atoms with Gasteiger partial charge in [0.15, 0.2) is 0 Å². The molecular formula is C13H14FNO3. The molecule has 1 saturated heterocycles. The van der Waals surface area contributed by atoms with Gasteiger partial charge in [-0.25, -0.2) is 4.39 Å². The van der Waals surface area contributed by atoms with Gasteiger partial charge in [0.25, 0.3) is 5.91 Å². The van der Waals surface area contributed by atoms with Crippen LogP contribution in [0, 0.1) is 11.7 Å². The molecule has 0 bridgehead atoms. The normalized spacial score (nSPS) is 23.1. The zero-order chi connectivity index (χ0) is 13.3. The molecule has 1 heterocycles. The predicted molar refractivity (Wildman–Crippen MR) is 62.6 cm³/mol. The molecule has 5 heteroatoms. The summed E-state index contributed by atoms with van der Waals surface area (Å²) in [5.41, 5.74) is 0.384. The highest BCUT2D eigenvalue weighted by Crippen LogP contribution is 2.26. The Morgan fingerprint density at radius 3 is 2.44 bits per heavy atom. The molecule has 1 aliphatic rings. The van der Waals surface area contributed by atoms with Crippen molar-refractivity contribution in [1.82, 2.24) is 4.90 Å². The lowest BCUT2D eigenvalue weighted by atomic mass is 10.0. The van der Waals surface area contributed by atoms with E-state index in [1.54, 1.807) is 6.92 Å². The summed E-state index contributed by atoms with van der Waals surface area (Å²) in [6.07, 6.45) is 0.462. The van der Waals surface area contributed by atoms with Gasteiger partial charge < -0.3 is 10.0 Å². The minimum Gasteiger partial charge on any atom is -0.481 e. The van der Waals surface area contributed by atoms with Crippen LogP contribution in [0.1, 0.15) is 23.7 Å². The zero-order valence-corrected chi connectivity index (χ0v) is 9.97. The van der Waals surface area contributed by atoms with Gasteiger partial charge in [-0.05, 0) is 37.6 Å². The van der Waals surface area contributed by atoms with Crippen molar-refractivity contribution in [3.05, 3.63) is 35.6 Å². The number of carbonyl (C=O) groups excluding carboxylic acids is 1. The molecule has 0 aromatic heterocycles. The molecule has 2 rings (SSSR count). The van der Waals surface area contributed by atoms with Crippen LogP contribution in [0.25, 0.3) is 0 Å². The second-order valence-corrected chi connectivity index (χ2v) is 4.48. The van der Waals surface area contributed by atoms with Crippen molar-refractivity contribution in [3.8, 4) is 0 Å². The quantitative estimate of drug-likeness (QED) is 0.871. The van der Waals surface area contributed by atoms with Gasteiger partial charge in [0.2, 0.25) is 0 Å². The molecule has 0 aliphatic carbocycles. The number of nitrogens with zero attached hydrogens (tertiary/aromatic N) is 1. The SMILES string of the molecule is CC1C(C(=O)O)CCN1C(=O)c1ccc(F)cc1. The van der Waals surface area contributed by atoms with Crippen LogP contribution in [0.2, 0.25) is 0 Å². The number of hydrogen-bond acceptors (Lipinski definition) is 2. The number of halogens is 1. The molecule has 1 aliphatic heterocycles. The Hall–Kier alpha value is -1.91. The Morgan fingerprint density at radius 2 is 1.94 bits per heavy atom. The number of hydrogen-bond donors (Lipinski definition) is 1. The number of benzene rings is 1. The molecule has 1 aromatic rings. The number of aliphatic carboxylic acids is 1. The standard InChI is InChI=1S/C13H14FNO3/c1-8-11(13(17)18)6-7-15(8)12(16)9-2-4-10(14)5-3-9/h2-5,8,11H,6-7H2,1H3,(H,17,18). The van der Waals surface area contributed by atoms with Gasteiger partial charge >= 0.3 is 5.97 Å². The smallest absolute Gasteiger partial charge is 0.308 e. The van der Waals surface area contributed by atoms with Crippen molar-refractivity contribution in [2.75, 3.05) is 6.54 Å². The van der Waals surface area contributed by atoms with Crippen LogP contribution in [0.5, 0.6) is 0 Å². The average molecular weight is 251 g/mol. The maximum atomic E-state index is 12.8. The molecule has 1 fully saturated rings. The summed E-state index contributed by atoms with van der Waals surface area (Å²) in [4.78, 5) is 24.7. The molecule has 0 saturated carbocycles. The van der Waals surface area contributed by atoms with E-state index in [0.717, 1.165) is 0 Å². The third-order valence-corrected chi connectivity index (χ3v) is 3.42. The predicted octanol–water partition coefficient (Wildman–Crippen LogP) is 1.76. The van der Waals surface area contributed by atoms with Crippen LogP contribution in [-0.2, 0) is 4.79 Å². The van der Waals surface area contributed by atoms with E-state index in [-0.39, 0.29) is 11.9 Å². The Labute approximate surface area is 104 Å². The van der Waals surface area contributed by atoms with Crippen molar-refractivity contribution in [1.29, 1.82) is 0 Å². The molecule has 18 heavy (non-hydrogen) atoms. The lowest BCUT2D eigenvalue weighted by Crippen LogP contribution is -2.37. The molecule has 2 atom stereocenters. The van der Waals surface area contributed by atoms with E-state index in [9.17, 15) is 14.0 Å². The number of likely N-dealkylation sites (tertiary alicyclic amines) is 1. The van der Waals surface area contributed by atoms with Crippen molar-refractivity contribution >= 4 is 11.9 Å². The maximum absolute atomic E-state index is 12.8. The summed E-state index contributed by atoms with van der Waals surface area (Å²) in [5, 5.41) is 9.00.